The Hall–Kier alpha value is -2.39. The number of thiazole rings is 1. The maximum absolute atomic E-state index is 12.6. The van der Waals surface area contributed by atoms with E-state index >= 15 is 0 Å². The van der Waals surface area contributed by atoms with Gasteiger partial charge in [0.1, 0.15) is 15.5 Å². The average Bonchev–Trinajstić information content (AvgIpc) is 3.29. The molecule has 0 atom stereocenters. The Morgan fingerprint density at radius 2 is 1.73 bits per heavy atom. The van der Waals surface area contributed by atoms with Crippen molar-refractivity contribution in [3.05, 3.63) is 38.0 Å². The minimum absolute atomic E-state index is 0.353. The summed E-state index contributed by atoms with van der Waals surface area (Å²) in [5.74, 6) is 0.606. The first-order valence-corrected chi connectivity index (χ1v) is 9.93. The van der Waals surface area contributed by atoms with Gasteiger partial charge in [-0.05, 0) is 39.2 Å². The molecular formula is C17H17N5O2S2. The fraction of sp³-hybridized carbons (Fsp3) is 0.353. The number of fused-ring (bicyclic) bond motifs is 1. The molecule has 4 rings (SSSR count). The van der Waals surface area contributed by atoms with Crippen LogP contribution in [0.5, 0.6) is 0 Å². The first-order chi connectivity index (χ1) is 12.5. The maximum atomic E-state index is 12.6. The van der Waals surface area contributed by atoms with Crippen molar-refractivity contribution in [1.29, 1.82) is 0 Å². The number of hydrazine groups is 1. The molecule has 1 fully saturated rings. The lowest BCUT2D eigenvalue weighted by Gasteiger charge is -2.06. The van der Waals surface area contributed by atoms with Gasteiger partial charge in [-0.2, -0.15) is 0 Å². The zero-order valence-corrected chi connectivity index (χ0v) is 16.2. The lowest BCUT2D eigenvalue weighted by molar-refractivity contribution is 0.0850. The maximum Gasteiger partial charge on any atom is 0.281 e. The highest BCUT2D eigenvalue weighted by atomic mass is 32.1. The van der Waals surface area contributed by atoms with Gasteiger partial charge in [0.25, 0.3) is 11.8 Å². The molecule has 0 unspecified atom stereocenters. The van der Waals surface area contributed by atoms with Crippen LogP contribution in [0.25, 0.3) is 10.2 Å². The van der Waals surface area contributed by atoms with Crippen LogP contribution in [0.15, 0.2) is 5.51 Å². The van der Waals surface area contributed by atoms with Crippen molar-refractivity contribution in [2.24, 2.45) is 0 Å². The molecule has 26 heavy (non-hydrogen) atoms. The molecule has 3 heterocycles. The second-order valence-electron chi connectivity index (χ2n) is 6.35. The van der Waals surface area contributed by atoms with Crippen LogP contribution in [0.2, 0.25) is 0 Å². The minimum atomic E-state index is -0.371. The molecule has 134 valence electrons. The van der Waals surface area contributed by atoms with Gasteiger partial charge >= 0.3 is 0 Å². The number of carbonyl (C=O) groups is 2. The summed E-state index contributed by atoms with van der Waals surface area (Å²) in [5, 5.41) is 0.925. The summed E-state index contributed by atoms with van der Waals surface area (Å²) in [6.07, 6.45) is 2.26. The van der Waals surface area contributed by atoms with Crippen LogP contribution in [-0.2, 0) is 0 Å². The second-order valence-corrected chi connectivity index (χ2v) is 8.21. The monoisotopic (exact) mass is 387 g/mol. The quantitative estimate of drug-likeness (QED) is 0.673. The Morgan fingerprint density at radius 1 is 1.04 bits per heavy atom. The van der Waals surface area contributed by atoms with Crippen LogP contribution in [0.1, 0.15) is 60.9 Å². The summed E-state index contributed by atoms with van der Waals surface area (Å²) in [6, 6.07) is 0. The molecular weight excluding hydrogens is 370 g/mol. The Morgan fingerprint density at radius 3 is 2.35 bits per heavy atom. The number of aromatic nitrogens is 3. The number of thiophene rings is 1. The fourth-order valence-corrected chi connectivity index (χ4v) is 4.68. The predicted octanol–water partition coefficient (Wildman–Crippen LogP) is 3.03. The van der Waals surface area contributed by atoms with Crippen LogP contribution in [0, 0.1) is 20.8 Å². The van der Waals surface area contributed by atoms with Crippen molar-refractivity contribution < 1.29 is 9.59 Å². The van der Waals surface area contributed by atoms with E-state index in [2.05, 4.69) is 25.8 Å². The molecule has 7 nitrogen and oxygen atoms in total. The van der Waals surface area contributed by atoms with E-state index in [0.29, 0.717) is 21.4 Å². The molecule has 0 aromatic carbocycles. The first kappa shape index (κ1) is 17.0. The van der Waals surface area contributed by atoms with Gasteiger partial charge < -0.3 is 0 Å². The van der Waals surface area contributed by atoms with Gasteiger partial charge in [0.05, 0.1) is 21.8 Å². The standard InChI is InChI=1S/C17H17N5O2S2/c1-7-11-8(2)19-14(10-4-5-10)20-17(11)26-12(7)15(23)21-22-16(24)13-9(3)18-6-25-13/h6,10H,4-5H2,1-3H3,(H,21,23)(H,22,24). The van der Waals surface area contributed by atoms with E-state index in [1.54, 1.807) is 12.4 Å². The summed E-state index contributed by atoms with van der Waals surface area (Å²) in [4.78, 5) is 39.8. The molecule has 1 saturated carbocycles. The van der Waals surface area contributed by atoms with Crippen molar-refractivity contribution in [2.45, 2.75) is 39.5 Å². The molecule has 0 bridgehead atoms. The van der Waals surface area contributed by atoms with Crippen LogP contribution >= 0.6 is 22.7 Å². The smallest absolute Gasteiger partial charge is 0.266 e. The number of nitrogens with one attached hydrogen (secondary N) is 2. The Labute approximate surface area is 157 Å². The summed E-state index contributed by atoms with van der Waals surface area (Å²) < 4.78 is 0. The van der Waals surface area contributed by atoms with Crippen LogP contribution in [0.4, 0.5) is 0 Å². The number of hydrogen-bond acceptors (Lipinski definition) is 7. The van der Waals surface area contributed by atoms with Crippen molar-refractivity contribution in [3.63, 3.8) is 0 Å². The molecule has 0 saturated heterocycles. The second kappa shape index (κ2) is 6.40. The number of hydrogen-bond donors (Lipinski definition) is 2. The molecule has 0 radical (unpaired) electrons. The van der Waals surface area contributed by atoms with Crippen molar-refractivity contribution >= 4 is 44.7 Å². The molecule has 3 aromatic rings. The molecule has 2 amide bonds. The summed E-state index contributed by atoms with van der Waals surface area (Å²) in [7, 11) is 0. The van der Waals surface area contributed by atoms with E-state index in [-0.39, 0.29) is 11.8 Å². The van der Waals surface area contributed by atoms with Crippen molar-refractivity contribution in [1.82, 2.24) is 25.8 Å². The lowest BCUT2D eigenvalue weighted by Crippen LogP contribution is -2.41. The number of amides is 2. The van der Waals surface area contributed by atoms with Gasteiger partial charge in [0, 0.05) is 11.3 Å². The van der Waals surface area contributed by atoms with Gasteiger partial charge in [0.15, 0.2) is 0 Å². The summed E-state index contributed by atoms with van der Waals surface area (Å²) in [5.41, 5.74) is 8.91. The van der Waals surface area contributed by atoms with Gasteiger partial charge in [-0.25, -0.2) is 15.0 Å². The van der Waals surface area contributed by atoms with Gasteiger partial charge in [-0.1, -0.05) is 0 Å². The number of aryl methyl sites for hydroxylation is 3. The van der Waals surface area contributed by atoms with Gasteiger partial charge in [-0.15, -0.1) is 22.7 Å². The highest BCUT2D eigenvalue weighted by Gasteiger charge is 2.28. The number of rotatable bonds is 3. The predicted molar refractivity (Wildman–Crippen MR) is 101 cm³/mol. The van der Waals surface area contributed by atoms with Gasteiger partial charge in [-0.3, -0.25) is 20.4 Å². The SMILES string of the molecule is Cc1ncsc1C(=O)NNC(=O)c1sc2nc(C3CC3)nc(C)c2c1C. The van der Waals surface area contributed by atoms with Crippen molar-refractivity contribution in [3.8, 4) is 0 Å². The van der Waals surface area contributed by atoms with E-state index < -0.39 is 0 Å². The molecule has 0 spiro atoms. The zero-order chi connectivity index (χ0) is 18.4. The third-order valence-corrected chi connectivity index (χ3v) is 6.49. The van der Waals surface area contributed by atoms with E-state index in [1.165, 1.54) is 22.7 Å². The normalized spacial score (nSPS) is 13.8. The lowest BCUT2D eigenvalue weighted by atomic mass is 10.1. The third kappa shape index (κ3) is 2.97. The number of nitrogens with zero attached hydrogens (tertiary/aromatic N) is 3. The fourth-order valence-electron chi connectivity index (χ4n) is 2.85. The van der Waals surface area contributed by atoms with Crippen LogP contribution in [-0.4, -0.2) is 26.8 Å². The topological polar surface area (TPSA) is 96.9 Å². The molecule has 0 aliphatic heterocycles. The highest BCUT2D eigenvalue weighted by Crippen LogP contribution is 2.40. The Balaban J connectivity index is 1.57. The largest absolute Gasteiger partial charge is 0.281 e. The average molecular weight is 387 g/mol. The first-order valence-electron chi connectivity index (χ1n) is 8.24. The highest BCUT2D eigenvalue weighted by molar-refractivity contribution is 7.20. The van der Waals surface area contributed by atoms with Crippen LogP contribution < -0.4 is 10.9 Å². The molecule has 3 aromatic heterocycles. The Kier molecular flexibility index (Phi) is 4.20. The number of carbonyl (C=O) groups excluding carboxylic acids is 2. The van der Waals surface area contributed by atoms with E-state index in [9.17, 15) is 9.59 Å². The third-order valence-electron chi connectivity index (χ3n) is 4.38. The molecule has 1 aliphatic carbocycles. The van der Waals surface area contributed by atoms with Gasteiger partial charge in [0.2, 0.25) is 0 Å². The molecule has 9 heteroatoms. The zero-order valence-electron chi connectivity index (χ0n) is 14.5. The summed E-state index contributed by atoms with van der Waals surface area (Å²) >= 11 is 2.57. The van der Waals surface area contributed by atoms with E-state index in [1.807, 2.05) is 13.8 Å². The van der Waals surface area contributed by atoms with Crippen molar-refractivity contribution in [2.75, 3.05) is 0 Å². The molecule has 1 aliphatic rings. The van der Waals surface area contributed by atoms with E-state index in [4.69, 9.17) is 0 Å². The van der Waals surface area contributed by atoms with E-state index in [0.717, 1.165) is 40.1 Å². The van der Waals surface area contributed by atoms with Crippen LogP contribution in [0.3, 0.4) is 0 Å². The Bertz CT molecular complexity index is 1040. The molecule has 2 N–H and O–H groups in total. The summed E-state index contributed by atoms with van der Waals surface area (Å²) in [6.45, 7) is 5.59. The minimum Gasteiger partial charge on any atom is -0.266 e.